The molecular formula is C40H53N15O15S. The summed E-state index contributed by atoms with van der Waals surface area (Å²) in [5, 5.41) is 54.1. The molecule has 0 saturated heterocycles. The fourth-order valence-corrected chi connectivity index (χ4v) is 6.43. The van der Waals surface area contributed by atoms with Crippen molar-refractivity contribution in [1.82, 2.24) is 51.8 Å². The number of guanidine groups is 1. The fraction of sp³-hybridized carbons (Fsp3) is 0.425. The number of hydrogen-bond acceptors (Lipinski definition) is 18. The zero-order valence-electron chi connectivity index (χ0n) is 37.7. The standard InChI is InChI=1S/C40H53N15O15S/c1-17(47-32(63)18-5-7-19(8-6-18)45-14-20-15-46-31-30(48-20)37(68)55-40(43)54-31)4-9-26(56)49-22(11-27(57)58)34(65)50-21(3-2-10-44-39(41)42)33(64)51-23(12-28(59)60)35(66)52-24(13-29(61)62)36(67)53-25(16-71)38(69)70/h5-8,15,17,21-25,45,71H,2-4,9-14,16H2,1H3,(H,47,63)(H,49,56)(H,50,65)(H,51,64)(H,52,66)(H,53,67)(H,57,58)(H,59,60)(H,61,62)(H,69,70)(H4,41,42,44)(H3,43,46,54,55,68)/t17-,21+,22+,23+,24+,25-/m1/s1. The van der Waals surface area contributed by atoms with E-state index < -0.39 is 126 Å². The Kier molecular flexibility index (Phi) is 21.9. The number of carbonyl (C=O) groups excluding carboxylic acids is 6. The van der Waals surface area contributed by atoms with E-state index in [1.165, 1.54) is 18.3 Å². The predicted octanol–water partition coefficient (Wildman–Crippen LogP) is -4.28. The number of carboxylic acids is 4. The number of nitrogen functional groups attached to an aromatic ring is 1. The number of nitrogens with zero attached hydrogens (tertiary/aromatic N) is 4. The minimum absolute atomic E-state index is 0.00350. The number of hydrogen-bond donors (Lipinski definition) is 16. The molecule has 0 aliphatic heterocycles. The number of amides is 6. The molecule has 0 bridgehead atoms. The van der Waals surface area contributed by atoms with Gasteiger partial charge in [-0.1, -0.05) is 0 Å². The van der Waals surface area contributed by atoms with Crippen LogP contribution in [0.5, 0.6) is 0 Å². The maximum atomic E-state index is 13.7. The third kappa shape index (κ3) is 19.5. The molecule has 30 nitrogen and oxygen atoms in total. The number of H-pyrrole nitrogens is 1. The Hall–Kier alpha value is -8.64. The molecular weight excluding hydrogens is 963 g/mol. The lowest BCUT2D eigenvalue weighted by atomic mass is 10.1. The summed E-state index contributed by atoms with van der Waals surface area (Å²) < 4.78 is 0. The number of nitrogens with two attached hydrogens (primary N) is 3. The van der Waals surface area contributed by atoms with Crippen LogP contribution in [0.25, 0.3) is 11.2 Å². The Morgan fingerprint density at radius 1 is 0.718 bits per heavy atom. The molecule has 6 atom stereocenters. The number of aliphatic carboxylic acids is 4. The third-order valence-electron chi connectivity index (χ3n) is 9.72. The molecule has 3 rings (SSSR count). The zero-order chi connectivity index (χ0) is 52.9. The van der Waals surface area contributed by atoms with Crippen LogP contribution in [0.3, 0.4) is 0 Å². The third-order valence-corrected chi connectivity index (χ3v) is 10.1. The SMILES string of the molecule is C[C@H](CCC(=O)N[C@@H](CC(=O)O)C(=O)N[C@@H](CCCN=C(N)N)C(=O)N[C@@H](CC(=O)O)C(=O)N[C@@H](CC(=O)O)C(=O)N[C@H](CS)C(=O)O)NC(=O)c1ccc(NCc2cnc3nc(N)[nH]c(=O)c3n2)cc1. The van der Waals surface area contributed by atoms with Gasteiger partial charge in [0.1, 0.15) is 30.2 Å². The first-order valence-electron chi connectivity index (χ1n) is 21.2. The molecule has 1 aromatic carbocycles. The van der Waals surface area contributed by atoms with E-state index in [0.717, 1.165) is 0 Å². The monoisotopic (exact) mass is 1020 g/mol. The van der Waals surface area contributed by atoms with Crippen LogP contribution in [-0.4, -0.2) is 154 Å². The number of benzene rings is 1. The van der Waals surface area contributed by atoms with Crippen molar-refractivity contribution in [1.29, 1.82) is 0 Å². The number of aromatic nitrogens is 4. The van der Waals surface area contributed by atoms with Crippen molar-refractivity contribution in [3.05, 3.63) is 52.1 Å². The van der Waals surface area contributed by atoms with Gasteiger partial charge in [0, 0.05) is 36.0 Å². The molecule has 0 saturated carbocycles. The minimum Gasteiger partial charge on any atom is -0.481 e. The maximum Gasteiger partial charge on any atom is 0.327 e. The highest BCUT2D eigenvalue weighted by Gasteiger charge is 2.34. The molecule has 3 aromatic rings. The number of nitrogens with one attached hydrogen (secondary N) is 8. The van der Waals surface area contributed by atoms with Gasteiger partial charge in [-0.05, 0) is 50.5 Å². The Morgan fingerprint density at radius 2 is 1.24 bits per heavy atom. The summed E-state index contributed by atoms with van der Waals surface area (Å²) >= 11 is 3.80. The summed E-state index contributed by atoms with van der Waals surface area (Å²) in [5.74, 6) is -13.8. The van der Waals surface area contributed by atoms with Gasteiger partial charge in [-0.3, -0.25) is 57.9 Å². The average Bonchev–Trinajstić information content (AvgIpc) is 3.29. The predicted molar refractivity (Wildman–Crippen MR) is 250 cm³/mol. The number of anilines is 2. The maximum absolute atomic E-state index is 13.7. The number of aliphatic imine (C=N–C) groups is 1. The molecule has 2 heterocycles. The number of carboxylic acid groups (broad SMARTS) is 4. The van der Waals surface area contributed by atoms with Crippen LogP contribution in [0.1, 0.15) is 67.9 Å². The molecule has 6 amide bonds. The van der Waals surface area contributed by atoms with Crippen LogP contribution < -0.4 is 60.0 Å². The Bertz CT molecular complexity index is 2560. The molecule has 0 aliphatic rings. The van der Waals surface area contributed by atoms with Gasteiger partial charge in [0.05, 0.1) is 37.7 Å². The van der Waals surface area contributed by atoms with Crippen LogP contribution in [0.2, 0.25) is 0 Å². The summed E-state index contributed by atoms with van der Waals surface area (Å²) in [6.07, 6.45) is -2.55. The van der Waals surface area contributed by atoms with Crippen molar-refractivity contribution < 1.29 is 68.4 Å². The van der Waals surface area contributed by atoms with Crippen LogP contribution in [0, 0.1) is 0 Å². The van der Waals surface area contributed by atoms with E-state index in [0.29, 0.717) is 11.4 Å². The van der Waals surface area contributed by atoms with Gasteiger partial charge in [0.2, 0.25) is 35.5 Å². The van der Waals surface area contributed by atoms with Gasteiger partial charge in [0.25, 0.3) is 11.5 Å². The number of thiol groups is 1. The molecule has 0 aliphatic carbocycles. The first kappa shape index (κ1) is 56.7. The molecule has 0 unspecified atom stereocenters. The topological polar surface area (TPSA) is 498 Å². The number of fused-ring (bicyclic) bond motifs is 1. The first-order chi connectivity index (χ1) is 33.4. The van der Waals surface area contributed by atoms with Gasteiger partial charge < -0.3 is 74.8 Å². The Balaban J connectivity index is 1.66. The van der Waals surface area contributed by atoms with Crippen LogP contribution in [-0.2, 0) is 49.7 Å². The van der Waals surface area contributed by atoms with Crippen LogP contribution in [0.4, 0.5) is 11.6 Å². The number of rotatable bonds is 29. The zero-order valence-corrected chi connectivity index (χ0v) is 38.6. The van der Waals surface area contributed by atoms with Crippen molar-refractivity contribution in [3.8, 4) is 0 Å². The van der Waals surface area contributed by atoms with Gasteiger partial charge in [-0.15, -0.1) is 0 Å². The summed E-state index contributed by atoms with van der Waals surface area (Å²) in [6.45, 7) is 1.64. The van der Waals surface area contributed by atoms with E-state index in [9.17, 15) is 73.2 Å². The second-order valence-corrected chi connectivity index (χ2v) is 15.8. The molecule has 384 valence electrons. The lowest BCUT2D eigenvalue weighted by Gasteiger charge is -2.26. The minimum atomic E-state index is -2.05. The summed E-state index contributed by atoms with van der Waals surface area (Å²) in [5.41, 5.74) is 17.1. The Morgan fingerprint density at radius 3 is 1.76 bits per heavy atom. The average molecular weight is 1020 g/mol. The van der Waals surface area contributed by atoms with Crippen molar-refractivity contribution in [3.63, 3.8) is 0 Å². The largest absolute Gasteiger partial charge is 0.481 e. The highest BCUT2D eigenvalue weighted by Crippen LogP contribution is 2.13. The second-order valence-electron chi connectivity index (χ2n) is 15.5. The molecule has 0 fully saturated rings. The number of carbonyl (C=O) groups is 10. The van der Waals surface area contributed by atoms with Gasteiger partial charge in [-0.2, -0.15) is 17.6 Å². The smallest absolute Gasteiger partial charge is 0.327 e. The fourth-order valence-electron chi connectivity index (χ4n) is 6.18. The van der Waals surface area contributed by atoms with Crippen molar-refractivity contribution >= 4 is 101 Å². The summed E-state index contributed by atoms with van der Waals surface area (Å²) in [6, 6.07) is -3.50. The molecule has 0 radical (unpaired) electrons. The lowest BCUT2D eigenvalue weighted by molar-refractivity contribution is -0.144. The van der Waals surface area contributed by atoms with Gasteiger partial charge >= 0.3 is 23.9 Å². The van der Waals surface area contributed by atoms with E-state index in [1.54, 1.807) is 19.1 Å². The van der Waals surface area contributed by atoms with Gasteiger partial charge in [-0.25, -0.2) is 14.8 Å². The van der Waals surface area contributed by atoms with E-state index in [2.05, 4.69) is 64.1 Å². The van der Waals surface area contributed by atoms with Crippen LogP contribution >= 0.6 is 12.6 Å². The number of aromatic amines is 1. The van der Waals surface area contributed by atoms with Crippen LogP contribution in [0.15, 0.2) is 40.2 Å². The van der Waals surface area contributed by atoms with E-state index in [1.807, 2.05) is 10.6 Å². The van der Waals surface area contributed by atoms with E-state index >= 15 is 0 Å². The van der Waals surface area contributed by atoms with Gasteiger partial charge in [0.15, 0.2) is 17.1 Å². The normalized spacial score (nSPS) is 13.3. The Labute approximate surface area is 406 Å². The summed E-state index contributed by atoms with van der Waals surface area (Å²) in [4.78, 5) is 156. The highest BCUT2D eigenvalue weighted by atomic mass is 32.1. The first-order valence-corrected chi connectivity index (χ1v) is 21.8. The quantitative estimate of drug-likeness (QED) is 0.0135. The second kappa shape index (κ2) is 27.4. The lowest BCUT2D eigenvalue weighted by Crippen LogP contribution is -2.59. The molecule has 18 N–H and O–H groups in total. The van der Waals surface area contributed by atoms with E-state index in [4.69, 9.17) is 17.2 Å². The molecule has 71 heavy (non-hydrogen) atoms. The van der Waals surface area contributed by atoms with Crippen molar-refractivity contribution in [2.24, 2.45) is 16.5 Å². The molecule has 0 spiro atoms. The van der Waals surface area contributed by atoms with Crippen molar-refractivity contribution in [2.75, 3.05) is 23.3 Å². The van der Waals surface area contributed by atoms with E-state index in [-0.39, 0.29) is 67.4 Å². The summed E-state index contributed by atoms with van der Waals surface area (Å²) in [7, 11) is 0. The van der Waals surface area contributed by atoms with Crippen molar-refractivity contribution in [2.45, 2.75) is 94.7 Å². The highest BCUT2D eigenvalue weighted by molar-refractivity contribution is 7.80. The molecule has 2 aromatic heterocycles. The molecule has 31 heteroatoms.